The zero-order valence-electron chi connectivity index (χ0n) is 10.8. The maximum absolute atomic E-state index is 2.31. The third-order valence-electron chi connectivity index (χ3n) is 4.14. The molecule has 15 heavy (non-hydrogen) atoms. The maximum Gasteiger partial charge on any atom is 0.0238 e. The minimum Gasteiger partial charge on any atom is -0.303 e. The molecule has 1 nitrogen and oxygen atoms in total. The molecule has 1 rings (SSSR count). The van der Waals surface area contributed by atoms with Gasteiger partial charge >= 0.3 is 0 Å². The van der Waals surface area contributed by atoms with Crippen molar-refractivity contribution >= 4 is 0 Å². The first-order chi connectivity index (χ1) is 6.80. The Hall–Kier alpha value is -0.820. The molecule has 0 aromatic heterocycles. The van der Waals surface area contributed by atoms with Crippen molar-refractivity contribution in [3.63, 3.8) is 0 Å². The number of rotatable bonds is 3. The summed E-state index contributed by atoms with van der Waals surface area (Å²) in [6, 6.07) is 10.7. The second-order valence-corrected chi connectivity index (χ2v) is 5.44. The van der Waals surface area contributed by atoms with Gasteiger partial charge in [-0.05, 0) is 33.5 Å². The van der Waals surface area contributed by atoms with Gasteiger partial charge in [-0.25, -0.2) is 0 Å². The maximum atomic E-state index is 2.31. The number of hydrogen-bond acceptors (Lipinski definition) is 1. The van der Waals surface area contributed by atoms with E-state index in [0.29, 0.717) is 0 Å². The molecule has 0 amide bonds. The van der Waals surface area contributed by atoms with Gasteiger partial charge in [0.05, 0.1) is 0 Å². The van der Waals surface area contributed by atoms with Gasteiger partial charge in [0, 0.05) is 11.0 Å². The molecule has 0 saturated carbocycles. The highest BCUT2D eigenvalue weighted by Gasteiger charge is 2.39. The van der Waals surface area contributed by atoms with Gasteiger partial charge < -0.3 is 4.90 Å². The van der Waals surface area contributed by atoms with E-state index in [-0.39, 0.29) is 11.0 Å². The molecule has 1 heteroatoms. The smallest absolute Gasteiger partial charge is 0.0238 e. The van der Waals surface area contributed by atoms with Crippen LogP contribution < -0.4 is 0 Å². The number of likely N-dealkylation sites (N-methyl/N-ethyl adjacent to an activating group) is 1. The van der Waals surface area contributed by atoms with Gasteiger partial charge in [0.2, 0.25) is 0 Å². The molecule has 0 unspecified atom stereocenters. The molecule has 84 valence electrons. The Kier molecular flexibility index (Phi) is 3.25. The van der Waals surface area contributed by atoms with Gasteiger partial charge in [-0.1, -0.05) is 44.2 Å². The highest BCUT2D eigenvalue weighted by atomic mass is 15.1. The predicted molar refractivity (Wildman–Crippen MR) is 67.2 cm³/mol. The summed E-state index contributed by atoms with van der Waals surface area (Å²) in [5, 5.41) is 0. The molecule has 0 bridgehead atoms. The van der Waals surface area contributed by atoms with E-state index in [1.165, 1.54) is 5.56 Å². The molecule has 0 spiro atoms. The molecular formula is C14H23N. The molecule has 0 N–H and O–H groups in total. The van der Waals surface area contributed by atoms with Gasteiger partial charge in [0.1, 0.15) is 0 Å². The zero-order chi connectivity index (χ0) is 11.7. The van der Waals surface area contributed by atoms with Gasteiger partial charge in [-0.3, -0.25) is 0 Å². The average molecular weight is 205 g/mol. The molecule has 0 heterocycles. The lowest BCUT2D eigenvalue weighted by molar-refractivity contribution is 0.106. The number of nitrogens with zero attached hydrogens (tertiary/aromatic N) is 1. The second-order valence-electron chi connectivity index (χ2n) is 5.44. The SMILES string of the molecule is CN(C)C(C)(C)C(C)(C)c1ccccc1. The normalized spacial score (nSPS) is 13.3. The molecule has 0 saturated heterocycles. The summed E-state index contributed by atoms with van der Waals surface area (Å²) < 4.78 is 0. The molecule has 0 aliphatic rings. The van der Waals surface area contributed by atoms with Crippen molar-refractivity contribution < 1.29 is 0 Å². The Bertz CT molecular complexity index is 309. The van der Waals surface area contributed by atoms with Crippen molar-refractivity contribution in [2.75, 3.05) is 14.1 Å². The predicted octanol–water partition coefficient (Wildman–Crippen LogP) is 3.30. The van der Waals surface area contributed by atoms with E-state index in [1.807, 2.05) is 0 Å². The lowest BCUT2D eigenvalue weighted by atomic mass is 9.69. The lowest BCUT2D eigenvalue weighted by Gasteiger charge is -2.47. The first-order valence-electron chi connectivity index (χ1n) is 5.53. The summed E-state index contributed by atoms with van der Waals surface area (Å²) in [7, 11) is 4.29. The van der Waals surface area contributed by atoms with Crippen LogP contribution in [0.1, 0.15) is 33.3 Å². The summed E-state index contributed by atoms with van der Waals surface area (Å²) >= 11 is 0. The van der Waals surface area contributed by atoms with Crippen molar-refractivity contribution in [2.24, 2.45) is 0 Å². The van der Waals surface area contributed by atoms with Crippen molar-refractivity contribution in [1.82, 2.24) is 4.90 Å². The summed E-state index contributed by atoms with van der Waals surface area (Å²) in [5.41, 5.74) is 1.66. The van der Waals surface area contributed by atoms with E-state index >= 15 is 0 Å². The number of benzene rings is 1. The van der Waals surface area contributed by atoms with Crippen LogP contribution in [-0.2, 0) is 5.41 Å². The Morgan fingerprint density at radius 2 is 1.33 bits per heavy atom. The Labute approximate surface area is 94.1 Å². The van der Waals surface area contributed by atoms with Crippen LogP contribution in [0, 0.1) is 0 Å². The van der Waals surface area contributed by atoms with Gasteiger partial charge in [-0.2, -0.15) is 0 Å². The fourth-order valence-electron chi connectivity index (χ4n) is 1.77. The summed E-state index contributed by atoms with van der Waals surface area (Å²) in [6.07, 6.45) is 0. The minimum absolute atomic E-state index is 0.133. The van der Waals surface area contributed by atoms with E-state index in [2.05, 4.69) is 77.0 Å². The average Bonchev–Trinajstić information content (AvgIpc) is 2.18. The third kappa shape index (κ3) is 2.07. The molecule has 0 aliphatic heterocycles. The molecule has 0 atom stereocenters. The van der Waals surface area contributed by atoms with E-state index in [4.69, 9.17) is 0 Å². The van der Waals surface area contributed by atoms with Crippen LogP contribution in [0.4, 0.5) is 0 Å². The highest BCUT2D eigenvalue weighted by molar-refractivity contribution is 5.28. The van der Waals surface area contributed by atoms with Crippen LogP contribution in [0.25, 0.3) is 0 Å². The van der Waals surface area contributed by atoms with Crippen LogP contribution in [0.2, 0.25) is 0 Å². The van der Waals surface area contributed by atoms with Gasteiger partial charge in [0.25, 0.3) is 0 Å². The van der Waals surface area contributed by atoms with Crippen LogP contribution in [0.15, 0.2) is 30.3 Å². The van der Waals surface area contributed by atoms with Crippen molar-refractivity contribution in [3.8, 4) is 0 Å². The first kappa shape index (κ1) is 12.3. The Balaban J connectivity index is 3.13. The quantitative estimate of drug-likeness (QED) is 0.732. The molecule has 0 radical (unpaired) electrons. The summed E-state index contributed by atoms with van der Waals surface area (Å²) in [4.78, 5) is 2.29. The third-order valence-corrected chi connectivity index (χ3v) is 4.14. The molecule has 1 aromatic rings. The van der Waals surface area contributed by atoms with Crippen molar-refractivity contribution in [2.45, 2.75) is 38.6 Å². The molecular weight excluding hydrogens is 182 g/mol. The van der Waals surface area contributed by atoms with E-state index in [1.54, 1.807) is 0 Å². The van der Waals surface area contributed by atoms with Gasteiger partial charge in [-0.15, -0.1) is 0 Å². The van der Waals surface area contributed by atoms with Crippen LogP contribution in [0.3, 0.4) is 0 Å². The highest BCUT2D eigenvalue weighted by Crippen LogP contribution is 2.37. The largest absolute Gasteiger partial charge is 0.303 e. The van der Waals surface area contributed by atoms with E-state index in [9.17, 15) is 0 Å². The monoisotopic (exact) mass is 205 g/mol. The van der Waals surface area contributed by atoms with E-state index < -0.39 is 0 Å². The minimum atomic E-state index is 0.133. The lowest BCUT2D eigenvalue weighted by Crippen LogP contribution is -2.52. The second kappa shape index (κ2) is 3.97. The fraction of sp³-hybridized carbons (Fsp3) is 0.571. The summed E-state index contributed by atoms with van der Waals surface area (Å²) in [5.74, 6) is 0. The summed E-state index contributed by atoms with van der Waals surface area (Å²) in [6.45, 7) is 9.20. The Morgan fingerprint density at radius 1 is 0.867 bits per heavy atom. The Morgan fingerprint density at radius 3 is 1.73 bits per heavy atom. The molecule has 0 aliphatic carbocycles. The first-order valence-corrected chi connectivity index (χ1v) is 5.53. The van der Waals surface area contributed by atoms with Crippen molar-refractivity contribution in [1.29, 1.82) is 0 Å². The van der Waals surface area contributed by atoms with Crippen LogP contribution >= 0.6 is 0 Å². The molecule has 0 fully saturated rings. The molecule has 1 aromatic carbocycles. The standard InChI is InChI=1S/C14H23N/c1-13(2,14(3,4)15(5)6)12-10-8-7-9-11-12/h7-11H,1-6H3. The fourth-order valence-corrected chi connectivity index (χ4v) is 1.77. The van der Waals surface area contributed by atoms with Crippen molar-refractivity contribution in [3.05, 3.63) is 35.9 Å². The van der Waals surface area contributed by atoms with Gasteiger partial charge in [0.15, 0.2) is 0 Å². The van der Waals surface area contributed by atoms with Crippen LogP contribution in [0.5, 0.6) is 0 Å². The van der Waals surface area contributed by atoms with Crippen LogP contribution in [-0.4, -0.2) is 24.5 Å². The topological polar surface area (TPSA) is 3.24 Å². The number of hydrogen-bond donors (Lipinski definition) is 0. The van der Waals surface area contributed by atoms with E-state index in [0.717, 1.165) is 0 Å². The zero-order valence-corrected chi connectivity index (χ0v) is 10.8.